The first-order chi connectivity index (χ1) is 11.2. The summed E-state index contributed by atoms with van der Waals surface area (Å²) in [5.74, 6) is 0.654. The molecule has 1 fully saturated rings. The third kappa shape index (κ3) is 4.55. The quantitative estimate of drug-likeness (QED) is 0.805. The molecule has 3 rings (SSSR count). The zero-order valence-corrected chi connectivity index (χ0v) is 14.5. The lowest BCUT2D eigenvalue weighted by Crippen LogP contribution is -2.23. The van der Waals surface area contributed by atoms with Gasteiger partial charge in [-0.3, -0.25) is 4.79 Å². The molecular weight excluding hydrogens is 354 g/mol. The molecule has 0 radical (unpaired) electrons. The molecule has 1 amide bonds. The molecule has 5 heteroatoms. The number of pyridine rings is 1. The van der Waals surface area contributed by atoms with Crippen molar-refractivity contribution in [2.75, 3.05) is 10.6 Å². The molecule has 4 nitrogen and oxygen atoms in total. The fourth-order valence-electron chi connectivity index (χ4n) is 2.84. The minimum Gasteiger partial charge on any atom is -0.367 e. The smallest absolute Gasteiger partial charge is 0.255 e. The molecule has 1 aliphatic carbocycles. The van der Waals surface area contributed by atoms with Gasteiger partial charge in [-0.1, -0.05) is 35.2 Å². The Hall–Kier alpha value is -1.88. The number of rotatable bonds is 4. The summed E-state index contributed by atoms with van der Waals surface area (Å²) in [5.41, 5.74) is 1.39. The average molecular weight is 374 g/mol. The number of halogens is 1. The van der Waals surface area contributed by atoms with Crippen LogP contribution in [0.3, 0.4) is 0 Å². The molecule has 0 bridgehead atoms. The van der Waals surface area contributed by atoms with Crippen LogP contribution in [0.25, 0.3) is 0 Å². The molecule has 0 atom stereocenters. The molecule has 2 N–H and O–H groups in total. The first-order valence-corrected chi connectivity index (χ1v) is 8.79. The summed E-state index contributed by atoms with van der Waals surface area (Å²) in [5, 5.41) is 6.35. The van der Waals surface area contributed by atoms with Crippen LogP contribution in [0.5, 0.6) is 0 Å². The summed E-state index contributed by atoms with van der Waals surface area (Å²) in [4.78, 5) is 16.7. The van der Waals surface area contributed by atoms with E-state index in [0.29, 0.717) is 11.6 Å². The zero-order valence-electron chi connectivity index (χ0n) is 12.9. The Kier molecular flexibility index (Phi) is 5.28. The summed E-state index contributed by atoms with van der Waals surface area (Å²) in [6.45, 7) is 0. The molecule has 0 spiro atoms. The molecule has 120 valence electrons. The van der Waals surface area contributed by atoms with E-state index in [4.69, 9.17) is 0 Å². The molecule has 23 heavy (non-hydrogen) atoms. The Balaban J connectivity index is 1.66. The van der Waals surface area contributed by atoms with E-state index >= 15 is 0 Å². The number of nitrogens with zero attached hydrogens (tertiary/aromatic N) is 1. The Morgan fingerprint density at radius 2 is 1.83 bits per heavy atom. The van der Waals surface area contributed by atoms with Crippen molar-refractivity contribution in [2.45, 2.75) is 38.1 Å². The van der Waals surface area contributed by atoms with Gasteiger partial charge in [0.1, 0.15) is 5.82 Å². The summed E-state index contributed by atoms with van der Waals surface area (Å²) in [6, 6.07) is 11.6. The van der Waals surface area contributed by atoms with Crippen molar-refractivity contribution in [1.29, 1.82) is 0 Å². The van der Waals surface area contributed by atoms with Gasteiger partial charge in [0.25, 0.3) is 5.91 Å². The van der Waals surface area contributed by atoms with Crippen molar-refractivity contribution in [3.63, 3.8) is 0 Å². The predicted molar refractivity (Wildman–Crippen MR) is 96.8 cm³/mol. The van der Waals surface area contributed by atoms with E-state index in [9.17, 15) is 4.79 Å². The van der Waals surface area contributed by atoms with Gasteiger partial charge in [0.05, 0.1) is 0 Å². The van der Waals surface area contributed by atoms with Crippen LogP contribution in [-0.4, -0.2) is 16.9 Å². The second-order valence-electron chi connectivity index (χ2n) is 5.87. The van der Waals surface area contributed by atoms with Crippen LogP contribution in [0.1, 0.15) is 42.5 Å². The summed E-state index contributed by atoms with van der Waals surface area (Å²) in [7, 11) is 0. The Morgan fingerprint density at radius 3 is 2.57 bits per heavy atom. The molecule has 1 aliphatic rings. The number of amides is 1. The highest BCUT2D eigenvalue weighted by Gasteiger charge is 2.14. The fourth-order valence-corrected chi connectivity index (χ4v) is 3.11. The minimum absolute atomic E-state index is 0.124. The maximum Gasteiger partial charge on any atom is 0.255 e. The van der Waals surface area contributed by atoms with Crippen LogP contribution >= 0.6 is 15.9 Å². The fraction of sp³-hybridized carbons (Fsp3) is 0.333. The van der Waals surface area contributed by atoms with E-state index in [1.54, 1.807) is 12.3 Å². The van der Waals surface area contributed by atoms with E-state index < -0.39 is 0 Å². The Labute approximate surface area is 144 Å². The van der Waals surface area contributed by atoms with Crippen molar-refractivity contribution in [1.82, 2.24) is 4.98 Å². The van der Waals surface area contributed by atoms with E-state index in [1.807, 2.05) is 30.3 Å². The van der Waals surface area contributed by atoms with E-state index in [2.05, 4.69) is 31.5 Å². The first kappa shape index (κ1) is 16.0. The Morgan fingerprint density at radius 1 is 1.09 bits per heavy atom. The standard InChI is InChI=1S/C18H20BrN3O/c19-14-6-8-16(9-7-14)22-18(23)13-10-11-20-17(12-13)21-15-4-2-1-3-5-15/h6-12,15H,1-5H2,(H,20,21)(H,22,23). The molecular formula is C18H20BrN3O. The van der Waals surface area contributed by atoms with Crippen LogP contribution in [0.4, 0.5) is 11.5 Å². The van der Waals surface area contributed by atoms with E-state index in [-0.39, 0.29) is 5.91 Å². The van der Waals surface area contributed by atoms with E-state index in [0.717, 1.165) is 16.0 Å². The molecule has 1 saturated carbocycles. The van der Waals surface area contributed by atoms with Gasteiger partial charge in [0.2, 0.25) is 0 Å². The maximum atomic E-state index is 12.4. The lowest BCUT2D eigenvalue weighted by molar-refractivity contribution is 0.102. The van der Waals surface area contributed by atoms with Gasteiger partial charge in [0.15, 0.2) is 0 Å². The average Bonchev–Trinajstić information content (AvgIpc) is 2.58. The number of carbonyl (C=O) groups excluding carboxylic acids is 1. The number of hydrogen-bond acceptors (Lipinski definition) is 3. The highest BCUT2D eigenvalue weighted by molar-refractivity contribution is 9.10. The molecule has 1 aromatic heterocycles. The molecule has 0 unspecified atom stereocenters. The van der Waals surface area contributed by atoms with Gasteiger partial charge in [-0.25, -0.2) is 4.98 Å². The summed E-state index contributed by atoms with van der Waals surface area (Å²) < 4.78 is 0.985. The van der Waals surface area contributed by atoms with Gasteiger partial charge in [-0.2, -0.15) is 0 Å². The zero-order chi connectivity index (χ0) is 16.1. The van der Waals surface area contributed by atoms with Crippen molar-refractivity contribution in [3.05, 3.63) is 52.6 Å². The number of carbonyl (C=O) groups is 1. The topological polar surface area (TPSA) is 54.0 Å². The second-order valence-corrected chi connectivity index (χ2v) is 6.79. The van der Waals surface area contributed by atoms with Crippen molar-refractivity contribution in [2.24, 2.45) is 0 Å². The van der Waals surface area contributed by atoms with Crippen LogP contribution in [0.15, 0.2) is 47.1 Å². The van der Waals surface area contributed by atoms with Crippen LogP contribution in [0.2, 0.25) is 0 Å². The maximum absolute atomic E-state index is 12.4. The number of nitrogens with one attached hydrogen (secondary N) is 2. The van der Waals surface area contributed by atoms with Crippen molar-refractivity contribution >= 4 is 33.3 Å². The highest BCUT2D eigenvalue weighted by atomic mass is 79.9. The highest BCUT2D eigenvalue weighted by Crippen LogP contribution is 2.21. The summed E-state index contributed by atoms with van der Waals surface area (Å²) >= 11 is 3.38. The molecule has 1 heterocycles. The van der Waals surface area contributed by atoms with Gasteiger partial charge in [-0.15, -0.1) is 0 Å². The van der Waals surface area contributed by atoms with Crippen LogP contribution in [0, 0.1) is 0 Å². The van der Waals surface area contributed by atoms with Gasteiger partial charge in [0, 0.05) is 28.0 Å². The lowest BCUT2D eigenvalue weighted by atomic mass is 9.95. The van der Waals surface area contributed by atoms with Gasteiger partial charge in [-0.05, 0) is 49.2 Å². The SMILES string of the molecule is O=C(Nc1ccc(Br)cc1)c1ccnc(NC2CCCCC2)c1. The van der Waals surface area contributed by atoms with Crippen LogP contribution in [-0.2, 0) is 0 Å². The third-order valence-electron chi connectivity index (χ3n) is 4.08. The van der Waals surface area contributed by atoms with Gasteiger partial charge >= 0.3 is 0 Å². The molecule has 1 aromatic carbocycles. The monoisotopic (exact) mass is 373 g/mol. The number of aromatic nitrogens is 1. The minimum atomic E-state index is -0.124. The first-order valence-electron chi connectivity index (χ1n) is 8.00. The van der Waals surface area contributed by atoms with Crippen molar-refractivity contribution in [3.8, 4) is 0 Å². The lowest BCUT2D eigenvalue weighted by Gasteiger charge is -2.23. The molecule has 0 aliphatic heterocycles. The van der Waals surface area contributed by atoms with Crippen molar-refractivity contribution < 1.29 is 4.79 Å². The number of hydrogen-bond donors (Lipinski definition) is 2. The summed E-state index contributed by atoms with van der Waals surface area (Å²) in [6.07, 6.45) is 7.89. The van der Waals surface area contributed by atoms with Gasteiger partial charge < -0.3 is 10.6 Å². The number of benzene rings is 1. The predicted octanol–water partition coefficient (Wildman–Crippen LogP) is 4.84. The second kappa shape index (κ2) is 7.59. The molecule has 0 saturated heterocycles. The van der Waals surface area contributed by atoms with Crippen LogP contribution < -0.4 is 10.6 Å². The number of anilines is 2. The Bertz CT molecular complexity index is 666. The van der Waals surface area contributed by atoms with E-state index in [1.165, 1.54) is 32.1 Å². The molecule has 2 aromatic rings. The largest absolute Gasteiger partial charge is 0.367 e. The normalized spacial score (nSPS) is 15.2. The third-order valence-corrected chi connectivity index (χ3v) is 4.61.